The number of terminal acetylenes is 1. The van der Waals surface area contributed by atoms with Crippen LogP contribution in [0.15, 0.2) is 0 Å². The van der Waals surface area contributed by atoms with Crippen molar-refractivity contribution in [1.82, 2.24) is 5.32 Å². The molecule has 1 atom stereocenters. The van der Waals surface area contributed by atoms with E-state index in [4.69, 9.17) is 6.42 Å². The summed E-state index contributed by atoms with van der Waals surface area (Å²) in [6.07, 6.45) is 9.57. The lowest BCUT2D eigenvalue weighted by atomic mass is 9.64. The van der Waals surface area contributed by atoms with Crippen LogP contribution in [0, 0.1) is 29.1 Å². The summed E-state index contributed by atoms with van der Waals surface area (Å²) in [5, 5.41) is 12.6. The summed E-state index contributed by atoms with van der Waals surface area (Å²) in [4.78, 5) is 0. The van der Waals surface area contributed by atoms with Gasteiger partial charge in [-0.3, -0.25) is 5.32 Å². The van der Waals surface area contributed by atoms with E-state index in [1.807, 2.05) is 0 Å². The number of hydrogen-bond acceptors (Lipinski definition) is 2. The van der Waals surface area contributed by atoms with Gasteiger partial charge in [-0.05, 0) is 18.3 Å². The van der Waals surface area contributed by atoms with E-state index in [1.54, 1.807) is 0 Å². The Morgan fingerprint density at radius 2 is 2.00 bits per heavy atom. The number of hydrogen-bond donors (Lipinski definition) is 1. The van der Waals surface area contributed by atoms with Gasteiger partial charge in [-0.2, -0.15) is 5.26 Å². The van der Waals surface area contributed by atoms with Crippen molar-refractivity contribution in [3.63, 3.8) is 0 Å². The van der Waals surface area contributed by atoms with Gasteiger partial charge >= 0.3 is 0 Å². The van der Waals surface area contributed by atoms with Gasteiger partial charge in [0.05, 0.1) is 12.6 Å². The molecule has 0 saturated heterocycles. The summed E-state index contributed by atoms with van der Waals surface area (Å²) in [7, 11) is 0. The summed E-state index contributed by atoms with van der Waals surface area (Å²) in [5.41, 5.74) is -0.394. The van der Waals surface area contributed by atoms with E-state index in [0.29, 0.717) is 6.54 Å². The molecule has 0 aromatic carbocycles. The molecule has 1 aliphatic carbocycles. The summed E-state index contributed by atoms with van der Waals surface area (Å²) >= 11 is 0. The molecule has 1 aliphatic rings. The first-order chi connectivity index (χ1) is 6.58. The standard InChI is InChI=1S/C12H18N2/c1-4-9-14-12(10-13)8-6-5-7-11(12,2)3/h1,14H,5-9H2,2-3H3. The van der Waals surface area contributed by atoms with E-state index in [2.05, 4.69) is 31.2 Å². The maximum Gasteiger partial charge on any atom is 0.112 e. The molecule has 0 radical (unpaired) electrons. The molecule has 76 valence electrons. The Hall–Kier alpha value is -0.990. The highest BCUT2D eigenvalue weighted by Gasteiger charge is 2.46. The fourth-order valence-electron chi connectivity index (χ4n) is 2.29. The summed E-state index contributed by atoms with van der Waals surface area (Å²) in [6.45, 7) is 4.79. The smallest absolute Gasteiger partial charge is 0.112 e. The van der Waals surface area contributed by atoms with E-state index in [1.165, 1.54) is 6.42 Å². The molecule has 0 bridgehead atoms. The third kappa shape index (κ3) is 1.76. The first-order valence-electron chi connectivity index (χ1n) is 5.18. The van der Waals surface area contributed by atoms with E-state index >= 15 is 0 Å². The second-order valence-corrected chi connectivity index (χ2v) is 4.67. The maximum absolute atomic E-state index is 9.32. The number of nitrogens with one attached hydrogen (secondary N) is 1. The van der Waals surface area contributed by atoms with Crippen LogP contribution in [0.2, 0.25) is 0 Å². The highest BCUT2D eigenvalue weighted by Crippen LogP contribution is 2.43. The van der Waals surface area contributed by atoms with Gasteiger partial charge in [-0.1, -0.05) is 32.6 Å². The molecule has 0 amide bonds. The first kappa shape index (κ1) is 11.1. The van der Waals surface area contributed by atoms with E-state index < -0.39 is 5.54 Å². The summed E-state index contributed by atoms with van der Waals surface area (Å²) < 4.78 is 0. The Kier molecular flexibility index (Phi) is 3.19. The Morgan fingerprint density at radius 3 is 2.50 bits per heavy atom. The fraction of sp³-hybridized carbons (Fsp3) is 0.750. The second-order valence-electron chi connectivity index (χ2n) is 4.67. The van der Waals surface area contributed by atoms with Gasteiger partial charge in [-0.15, -0.1) is 6.42 Å². The molecule has 14 heavy (non-hydrogen) atoms. The molecule has 2 nitrogen and oxygen atoms in total. The van der Waals surface area contributed by atoms with Crippen molar-refractivity contribution in [3.05, 3.63) is 0 Å². The van der Waals surface area contributed by atoms with Crippen LogP contribution in [0.5, 0.6) is 0 Å². The monoisotopic (exact) mass is 190 g/mol. The number of nitriles is 1. The molecular weight excluding hydrogens is 172 g/mol. The lowest BCUT2D eigenvalue weighted by Gasteiger charge is -2.45. The Balaban J connectivity index is 2.85. The van der Waals surface area contributed by atoms with Crippen molar-refractivity contribution in [1.29, 1.82) is 5.26 Å². The third-order valence-electron chi connectivity index (χ3n) is 3.44. The molecule has 1 N–H and O–H groups in total. The first-order valence-corrected chi connectivity index (χ1v) is 5.18. The molecule has 0 aromatic rings. The fourth-order valence-corrected chi connectivity index (χ4v) is 2.29. The molecule has 1 saturated carbocycles. The third-order valence-corrected chi connectivity index (χ3v) is 3.44. The summed E-state index contributed by atoms with van der Waals surface area (Å²) in [5.74, 6) is 2.55. The van der Waals surface area contributed by atoms with Gasteiger partial charge in [0.15, 0.2) is 0 Å². The minimum absolute atomic E-state index is 0.0247. The van der Waals surface area contributed by atoms with Crippen LogP contribution in [0.4, 0.5) is 0 Å². The molecule has 0 spiro atoms. The molecule has 2 heteroatoms. The minimum atomic E-state index is -0.419. The SMILES string of the molecule is C#CCNC1(C#N)CCCCC1(C)C. The number of nitrogens with zero attached hydrogens (tertiary/aromatic N) is 1. The summed E-state index contributed by atoms with van der Waals surface area (Å²) in [6, 6.07) is 2.44. The normalized spacial score (nSPS) is 30.3. The van der Waals surface area contributed by atoms with Gasteiger partial charge in [0, 0.05) is 0 Å². The van der Waals surface area contributed by atoms with Crippen molar-refractivity contribution >= 4 is 0 Å². The van der Waals surface area contributed by atoms with Gasteiger partial charge in [0.25, 0.3) is 0 Å². The molecule has 0 aliphatic heterocycles. The average Bonchev–Trinajstić information content (AvgIpc) is 2.16. The van der Waals surface area contributed by atoms with Crippen molar-refractivity contribution in [2.75, 3.05) is 6.54 Å². The van der Waals surface area contributed by atoms with Crippen LogP contribution in [-0.4, -0.2) is 12.1 Å². The van der Waals surface area contributed by atoms with Crippen LogP contribution in [-0.2, 0) is 0 Å². The van der Waals surface area contributed by atoms with Gasteiger partial charge < -0.3 is 0 Å². The van der Waals surface area contributed by atoms with Crippen molar-refractivity contribution in [3.8, 4) is 18.4 Å². The Morgan fingerprint density at radius 1 is 1.36 bits per heavy atom. The molecular formula is C12H18N2. The average molecular weight is 190 g/mol. The zero-order valence-electron chi connectivity index (χ0n) is 9.06. The lowest BCUT2D eigenvalue weighted by Crippen LogP contribution is -2.56. The molecule has 1 rings (SSSR count). The van der Waals surface area contributed by atoms with Gasteiger partial charge in [0.1, 0.15) is 5.54 Å². The number of rotatable bonds is 2. The van der Waals surface area contributed by atoms with Crippen LogP contribution < -0.4 is 5.32 Å². The Bertz CT molecular complexity index is 280. The highest BCUT2D eigenvalue weighted by atomic mass is 15.0. The second kappa shape index (κ2) is 4.03. The zero-order valence-corrected chi connectivity index (χ0v) is 9.06. The lowest BCUT2D eigenvalue weighted by molar-refractivity contribution is 0.114. The van der Waals surface area contributed by atoms with E-state index in [0.717, 1.165) is 19.3 Å². The van der Waals surface area contributed by atoms with Crippen molar-refractivity contribution in [2.24, 2.45) is 5.41 Å². The van der Waals surface area contributed by atoms with E-state index in [-0.39, 0.29) is 5.41 Å². The molecule has 1 unspecified atom stereocenters. The molecule has 1 fully saturated rings. The largest absolute Gasteiger partial charge is 0.288 e. The molecule has 0 heterocycles. The van der Waals surface area contributed by atoms with E-state index in [9.17, 15) is 5.26 Å². The van der Waals surface area contributed by atoms with Crippen molar-refractivity contribution < 1.29 is 0 Å². The topological polar surface area (TPSA) is 35.8 Å². The van der Waals surface area contributed by atoms with Gasteiger partial charge in [-0.25, -0.2) is 0 Å². The predicted octanol–water partition coefficient (Wildman–Crippen LogP) is 2.07. The minimum Gasteiger partial charge on any atom is -0.288 e. The predicted molar refractivity (Wildman–Crippen MR) is 57.4 cm³/mol. The Labute approximate surface area is 86.7 Å². The van der Waals surface area contributed by atoms with Crippen LogP contribution >= 0.6 is 0 Å². The van der Waals surface area contributed by atoms with Gasteiger partial charge in [0.2, 0.25) is 0 Å². The highest BCUT2D eigenvalue weighted by molar-refractivity contribution is 5.17. The van der Waals surface area contributed by atoms with Crippen LogP contribution in [0.1, 0.15) is 39.5 Å². The quantitative estimate of drug-likeness (QED) is 0.677. The maximum atomic E-state index is 9.32. The van der Waals surface area contributed by atoms with Crippen molar-refractivity contribution in [2.45, 2.75) is 45.1 Å². The zero-order chi connectivity index (χ0) is 10.7. The molecule has 0 aromatic heterocycles. The van der Waals surface area contributed by atoms with Crippen LogP contribution in [0.3, 0.4) is 0 Å². The van der Waals surface area contributed by atoms with Crippen LogP contribution in [0.25, 0.3) is 0 Å².